The molecule has 2 atom stereocenters. The molecule has 9 heteroatoms. The molecule has 20 heavy (non-hydrogen) atoms. The number of benzene rings is 1. The summed E-state index contributed by atoms with van der Waals surface area (Å²) >= 11 is 0. The number of carbonyl (C=O) groups excluding carboxylic acids is 1. The zero-order valence-corrected chi connectivity index (χ0v) is 10.4. The fourth-order valence-corrected chi connectivity index (χ4v) is 1.44. The van der Waals surface area contributed by atoms with Crippen molar-refractivity contribution in [3.8, 4) is 5.75 Å². The molecule has 0 aliphatic heterocycles. The van der Waals surface area contributed by atoms with Gasteiger partial charge in [0.2, 0.25) is 4.91 Å². The highest BCUT2D eigenvalue weighted by atomic mass is 16.4. The second-order valence-electron chi connectivity index (χ2n) is 3.93. The van der Waals surface area contributed by atoms with Crippen LogP contribution in [0, 0.1) is 5.53 Å². The van der Waals surface area contributed by atoms with Crippen molar-refractivity contribution >= 4 is 17.6 Å². The van der Waals surface area contributed by atoms with Crippen LogP contribution < -0.4 is 10.2 Å². The SMILES string of the molecule is C[C@@H](O)[C@H](NC(=O)c1ccc(N=[N+]=N)cc1O)C(=O)O. The first-order valence-corrected chi connectivity index (χ1v) is 5.49. The molecule has 0 saturated carbocycles. The second kappa shape index (κ2) is 6.41. The van der Waals surface area contributed by atoms with Crippen LogP contribution in [-0.4, -0.2) is 39.3 Å². The molecule has 0 radical (unpaired) electrons. The lowest BCUT2D eigenvalue weighted by Crippen LogP contribution is -2.47. The van der Waals surface area contributed by atoms with E-state index in [0.717, 1.165) is 6.07 Å². The van der Waals surface area contributed by atoms with Gasteiger partial charge in [0.15, 0.2) is 16.8 Å². The van der Waals surface area contributed by atoms with Gasteiger partial charge in [0.1, 0.15) is 11.3 Å². The molecule has 0 spiro atoms. The van der Waals surface area contributed by atoms with Gasteiger partial charge in [-0.2, -0.15) is 0 Å². The summed E-state index contributed by atoms with van der Waals surface area (Å²) in [6.45, 7) is 1.22. The summed E-state index contributed by atoms with van der Waals surface area (Å²) in [5.74, 6) is -2.69. The largest absolute Gasteiger partial charge is 0.507 e. The number of nitrogens with zero attached hydrogens (tertiary/aromatic N) is 2. The van der Waals surface area contributed by atoms with Crippen molar-refractivity contribution in [2.45, 2.75) is 19.1 Å². The third kappa shape index (κ3) is 3.61. The van der Waals surface area contributed by atoms with Gasteiger partial charge in [0.05, 0.1) is 11.7 Å². The summed E-state index contributed by atoms with van der Waals surface area (Å²) in [4.78, 5) is 25.4. The smallest absolute Gasteiger partial charge is 0.328 e. The van der Waals surface area contributed by atoms with Crippen LogP contribution in [0.1, 0.15) is 17.3 Å². The fraction of sp³-hybridized carbons (Fsp3) is 0.273. The molecule has 1 rings (SSSR count). The molecular formula is C11H13N4O5+. The zero-order chi connectivity index (χ0) is 15.3. The van der Waals surface area contributed by atoms with Gasteiger partial charge in [-0.05, 0) is 19.1 Å². The maximum absolute atomic E-state index is 11.8. The van der Waals surface area contributed by atoms with Gasteiger partial charge in [-0.15, -0.1) is 0 Å². The van der Waals surface area contributed by atoms with Crippen LogP contribution in [0.2, 0.25) is 0 Å². The van der Waals surface area contributed by atoms with Gasteiger partial charge in [-0.25, -0.2) is 4.79 Å². The number of carbonyl (C=O) groups is 2. The van der Waals surface area contributed by atoms with Crippen LogP contribution in [0.3, 0.4) is 0 Å². The van der Waals surface area contributed by atoms with Gasteiger partial charge in [0.25, 0.3) is 5.91 Å². The summed E-state index contributed by atoms with van der Waals surface area (Å²) in [5, 5.41) is 33.2. The first kappa shape index (κ1) is 15.3. The normalized spacial score (nSPS) is 12.9. The van der Waals surface area contributed by atoms with E-state index in [0.29, 0.717) is 0 Å². The number of phenols is 1. The van der Waals surface area contributed by atoms with E-state index in [1.54, 1.807) is 0 Å². The third-order valence-electron chi connectivity index (χ3n) is 2.43. The average molecular weight is 281 g/mol. The molecule has 5 N–H and O–H groups in total. The number of carboxylic acid groups (broad SMARTS) is 1. The number of hydrogen-bond acceptors (Lipinski definition) is 6. The van der Waals surface area contributed by atoms with E-state index in [1.165, 1.54) is 19.1 Å². The summed E-state index contributed by atoms with van der Waals surface area (Å²) in [6, 6.07) is 2.14. The maximum Gasteiger partial charge on any atom is 0.328 e. The Hall–Kier alpha value is -2.77. The lowest BCUT2D eigenvalue weighted by Gasteiger charge is -2.17. The molecule has 0 aliphatic rings. The molecule has 0 saturated heterocycles. The monoisotopic (exact) mass is 281 g/mol. The van der Waals surface area contributed by atoms with Crippen molar-refractivity contribution in [1.29, 1.82) is 5.53 Å². The molecular weight excluding hydrogens is 268 g/mol. The number of amides is 1. The number of rotatable bonds is 5. The number of aliphatic hydroxyl groups is 1. The van der Waals surface area contributed by atoms with Crippen molar-refractivity contribution in [2.75, 3.05) is 0 Å². The van der Waals surface area contributed by atoms with E-state index in [1.807, 2.05) is 0 Å². The molecule has 0 aromatic heterocycles. The van der Waals surface area contributed by atoms with E-state index >= 15 is 0 Å². The first-order valence-electron chi connectivity index (χ1n) is 5.49. The van der Waals surface area contributed by atoms with E-state index < -0.39 is 29.8 Å². The number of aliphatic carboxylic acids is 1. The van der Waals surface area contributed by atoms with Gasteiger partial charge in [-0.1, -0.05) is 0 Å². The van der Waals surface area contributed by atoms with Crippen LogP contribution >= 0.6 is 0 Å². The molecule has 0 aliphatic carbocycles. The van der Waals surface area contributed by atoms with Crippen molar-refractivity contribution in [3.63, 3.8) is 0 Å². The minimum atomic E-state index is -1.49. The van der Waals surface area contributed by atoms with Gasteiger partial charge in [0, 0.05) is 6.07 Å². The van der Waals surface area contributed by atoms with E-state index in [-0.39, 0.29) is 11.3 Å². The number of nitrogens with one attached hydrogen (secondary N) is 2. The molecule has 106 valence electrons. The Bertz CT molecular complexity index is 580. The molecule has 0 bridgehead atoms. The Kier molecular flexibility index (Phi) is 4.90. The maximum atomic E-state index is 11.8. The minimum absolute atomic E-state index is 0.166. The Labute approximate surface area is 113 Å². The van der Waals surface area contributed by atoms with E-state index in [9.17, 15) is 19.8 Å². The Balaban J connectivity index is 2.98. The number of aromatic hydroxyl groups is 1. The highest BCUT2D eigenvalue weighted by Crippen LogP contribution is 2.23. The Morgan fingerprint density at radius 2 is 2.10 bits per heavy atom. The van der Waals surface area contributed by atoms with E-state index in [4.69, 9.17) is 10.6 Å². The lowest BCUT2D eigenvalue weighted by molar-refractivity contribution is -0.141. The summed E-state index contributed by atoms with van der Waals surface area (Å²) in [5.41, 5.74) is 6.53. The molecule has 1 amide bonds. The van der Waals surface area contributed by atoms with Crippen LogP contribution in [0.25, 0.3) is 0 Å². The van der Waals surface area contributed by atoms with Crippen LogP contribution in [-0.2, 0) is 4.79 Å². The molecule has 1 aromatic carbocycles. The summed E-state index contributed by atoms with van der Waals surface area (Å²) in [7, 11) is 0. The lowest BCUT2D eigenvalue weighted by atomic mass is 10.1. The van der Waals surface area contributed by atoms with Crippen LogP contribution in [0.5, 0.6) is 5.75 Å². The van der Waals surface area contributed by atoms with Crippen molar-refractivity contribution in [3.05, 3.63) is 23.8 Å². The first-order chi connectivity index (χ1) is 9.36. The predicted molar refractivity (Wildman–Crippen MR) is 65.6 cm³/mol. The molecule has 0 heterocycles. The minimum Gasteiger partial charge on any atom is -0.507 e. The highest BCUT2D eigenvalue weighted by Gasteiger charge is 2.26. The molecule has 0 fully saturated rings. The predicted octanol–water partition coefficient (Wildman–Crippen LogP) is 0.138. The number of carboxylic acids is 1. The van der Waals surface area contributed by atoms with Crippen molar-refractivity contribution in [2.24, 2.45) is 5.11 Å². The fourth-order valence-electron chi connectivity index (χ4n) is 1.44. The molecule has 0 unspecified atom stereocenters. The highest BCUT2D eigenvalue weighted by molar-refractivity contribution is 5.99. The Morgan fingerprint density at radius 3 is 2.55 bits per heavy atom. The quantitative estimate of drug-likeness (QED) is 0.383. The van der Waals surface area contributed by atoms with E-state index in [2.05, 4.69) is 15.3 Å². The number of phenolic OH excluding ortho intramolecular Hbond substituents is 1. The van der Waals surface area contributed by atoms with Crippen molar-refractivity contribution < 1.29 is 24.9 Å². The van der Waals surface area contributed by atoms with Crippen LogP contribution in [0.15, 0.2) is 23.3 Å². The standard InChI is InChI=1S/C11H12N4O5/c1-5(16)9(11(19)20)13-10(18)7-3-2-6(14-15-12)4-8(7)17/h2-5,9,12,16H,1H3,(H2-,13,17,18,19,20)/p+1/t5-,9+/m1/s1. The summed E-state index contributed by atoms with van der Waals surface area (Å²) < 4.78 is 0. The molecule has 1 aromatic rings. The second-order valence-corrected chi connectivity index (χ2v) is 3.93. The zero-order valence-electron chi connectivity index (χ0n) is 10.4. The number of aliphatic hydroxyl groups excluding tert-OH is 1. The number of hydrogen-bond donors (Lipinski definition) is 5. The Morgan fingerprint density at radius 1 is 1.45 bits per heavy atom. The van der Waals surface area contributed by atoms with Crippen molar-refractivity contribution in [1.82, 2.24) is 10.2 Å². The van der Waals surface area contributed by atoms with Gasteiger partial charge < -0.3 is 20.6 Å². The van der Waals surface area contributed by atoms with Crippen LogP contribution in [0.4, 0.5) is 5.69 Å². The van der Waals surface area contributed by atoms with Gasteiger partial charge in [-0.3, -0.25) is 4.79 Å². The average Bonchev–Trinajstić information content (AvgIpc) is 2.35. The summed E-state index contributed by atoms with van der Waals surface area (Å²) in [6.07, 6.45) is -1.30. The third-order valence-corrected chi connectivity index (χ3v) is 2.43. The van der Waals surface area contributed by atoms with Gasteiger partial charge >= 0.3 is 5.97 Å². The topological polar surface area (TPSA) is 157 Å². The molecule has 9 nitrogen and oxygen atoms in total.